The topological polar surface area (TPSA) is 214 Å². The number of carbonyl (C=O) groups excluding carboxylic acids is 4. The van der Waals surface area contributed by atoms with E-state index in [1.54, 1.807) is 13.8 Å². The number of carbonyl (C=O) groups is 5. The van der Waals surface area contributed by atoms with Gasteiger partial charge in [-0.1, -0.05) is 13.8 Å². The van der Waals surface area contributed by atoms with Gasteiger partial charge in [-0.2, -0.15) is 0 Å². The standard InChI is InChI=1S/C16H29N5O7/c1-7(2)4-10(15(26)21-13(8(3)22)16(27)28)20-12(24)6-19-14(25)9(17)5-11(18)23/h7-10,13,22H,4-6,17H2,1-3H3,(H2,18,23)(H,19,25)(H,20,24)(H,21,26)(H,27,28). The van der Waals surface area contributed by atoms with Gasteiger partial charge >= 0.3 is 5.97 Å². The molecule has 0 saturated heterocycles. The lowest BCUT2D eigenvalue weighted by Gasteiger charge is -2.24. The highest BCUT2D eigenvalue weighted by Gasteiger charge is 2.30. The highest BCUT2D eigenvalue weighted by atomic mass is 16.4. The molecule has 0 aliphatic rings. The summed E-state index contributed by atoms with van der Waals surface area (Å²) in [5.74, 6) is -4.49. The normalized spacial score (nSPS) is 15.1. The van der Waals surface area contributed by atoms with Gasteiger partial charge in [0.1, 0.15) is 6.04 Å². The van der Waals surface area contributed by atoms with Crippen molar-refractivity contribution >= 4 is 29.6 Å². The molecule has 0 bridgehead atoms. The third-order valence-corrected chi connectivity index (χ3v) is 3.59. The van der Waals surface area contributed by atoms with E-state index in [1.807, 2.05) is 0 Å². The van der Waals surface area contributed by atoms with Crippen LogP contribution in [-0.2, 0) is 24.0 Å². The molecule has 0 aliphatic carbocycles. The number of aliphatic carboxylic acids is 1. The molecule has 0 rings (SSSR count). The Hall–Kier alpha value is -2.73. The number of hydrogen-bond acceptors (Lipinski definition) is 7. The van der Waals surface area contributed by atoms with Crippen LogP contribution in [-0.4, -0.2) is 70.6 Å². The number of amides is 4. The molecule has 12 nitrogen and oxygen atoms in total. The zero-order valence-corrected chi connectivity index (χ0v) is 16.1. The SMILES string of the molecule is CC(C)CC(NC(=O)CNC(=O)C(N)CC(N)=O)C(=O)NC(C(=O)O)C(C)O. The van der Waals surface area contributed by atoms with Crippen molar-refractivity contribution < 1.29 is 34.2 Å². The lowest BCUT2D eigenvalue weighted by atomic mass is 10.0. The predicted octanol–water partition coefficient (Wildman–Crippen LogP) is -3.21. The monoisotopic (exact) mass is 403 g/mol. The third-order valence-electron chi connectivity index (χ3n) is 3.59. The number of carboxylic acid groups (broad SMARTS) is 1. The zero-order valence-electron chi connectivity index (χ0n) is 16.1. The molecule has 0 saturated carbocycles. The van der Waals surface area contributed by atoms with Crippen LogP contribution >= 0.6 is 0 Å². The van der Waals surface area contributed by atoms with Crippen molar-refractivity contribution in [3.63, 3.8) is 0 Å². The van der Waals surface area contributed by atoms with Gasteiger partial charge in [0.15, 0.2) is 6.04 Å². The molecule has 0 aromatic carbocycles. The number of primary amides is 1. The molecule has 12 heteroatoms. The molecule has 9 N–H and O–H groups in total. The van der Waals surface area contributed by atoms with Crippen LogP contribution in [0.5, 0.6) is 0 Å². The summed E-state index contributed by atoms with van der Waals surface area (Å²) in [6.07, 6.45) is -1.54. The Morgan fingerprint density at radius 1 is 1.00 bits per heavy atom. The van der Waals surface area contributed by atoms with E-state index in [0.29, 0.717) is 0 Å². The molecule has 4 unspecified atom stereocenters. The van der Waals surface area contributed by atoms with E-state index in [2.05, 4.69) is 16.0 Å². The van der Waals surface area contributed by atoms with Crippen molar-refractivity contribution in [2.24, 2.45) is 17.4 Å². The molecule has 0 aromatic rings. The van der Waals surface area contributed by atoms with Gasteiger partial charge in [0.25, 0.3) is 0 Å². The number of hydrogen-bond donors (Lipinski definition) is 7. The zero-order chi connectivity index (χ0) is 22.0. The van der Waals surface area contributed by atoms with Crippen LogP contribution in [0.4, 0.5) is 0 Å². The molecule has 0 aliphatic heterocycles. The fraction of sp³-hybridized carbons (Fsp3) is 0.688. The minimum atomic E-state index is -1.54. The van der Waals surface area contributed by atoms with Crippen LogP contribution in [0, 0.1) is 5.92 Å². The second kappa shape index (κ2) is 11.9. The summed E-state index contributed by atoms with van der Waals surface area (Å²) in [7, 11) is 0. The fourth-order valence-electron chi connectivity index (χ4n) is 2.20. The van der Waals surface area contributed by atoms with Gasteiger partial charge < -0.3 is 37.6 Å². The maximum absolute atomic E-state index is 12.3. The minimum absolute atomic E-state index is 0.0236. The molecule has 0 heterocycles. The smallest absolute Gasteiger partial charge is 0.328 e. The summed E-state index contributed by atoms with van der Waals surface area (Å²) in [6.45, 7) is 4.28. The van der Waals surface area contributed by atoms with Crippen LogP contribution in [0.2, 0.25) is 0 Å². The van der Waals surface area contributed by atoms with E-state index < -0.39 is 60.4 Å². The van der Waals surface area contributed by atoms with Crippen molar-refractivity contribution in [1.82, 2.24) is 16.0 Å². The molecule has 0 aromatic heterocycles. The minimum Gasteiger partial charge on any atom is -0.480 e. The van der Waals surface area contributed by atoms with Gasteiger partial charge in [0.05, 0.1) is 25.1 Å². The number of nitrogens with two attached hydrogens (primary N) is 2. The van der Waals surface area contributed by atoms with Crippen LogP contribution in [0.15, 0.2) is 0 Å². The van der Waals surface area contributed by atoms with Crippen molar-refractivity contribution in [2.45, 2.75) is 57.8 Å². The van der Waals surface area contributed by atoms with Gasteiger partial charge in [0, 0.05) is 0 Å². The maximum Gasteiger partial charge on any atom is 0.328 e. The van der Waals surface area contributed by atoms with E-state index in [-0.39, 0.29) is 18.8 Å². The molecule has 4 atom stereocenters. The van der Waals surface area contributed by atoms with E-state index in [1.165, 1.54) is 6.92 Å². The average Bonchev–Trinajstić information content (AvgIpc) is 2.54. The Kier molecular flexibility index (Phi) is 10.7. The van der Waals surface area contributed by atoms with Crippen molar-refractivity contribution in [2.75, 3.05) is 6.54 Å². The number of nitrogens with one attached hydrogen (secondary N) is 3. The Balaban J connectivity index is 4.88. The molecule has 28 heavy (non-hydrogen) atoms. The Morgan fingerprint density at radius 2 is 1.57 bits per heavy atom. The van der Waals surface area contributed by atoms with Crippen LogP contribution in [0.25, 0.3) is 0 Å². The second-order valence-corrected chi connectivity index (χ2v) is 6.81. The van der Waals surface area contributed by atoms with Gasteiger partial charge in [-0.15, -0.1) is 0 Å². The van der Waals surface area contributed by atoms with Crippen molar-refractivity contribution in [1.29, 1.82) is 0 Å². The van der Waals surface area contributed by atoms with Crippen LogP contribution in [0.3, 0.4) is 0 Å². The summed E-state index contributed by atoms with van der Waals surface area (Å²) < 4.78 is 0. The molecule has 4 amide bonds. The number of aliphatic hydroxyl groups is 1. The number of carboxylic acids is 1. The average molecular weight is 403 g/mol. The van der Waals surface area contributed by atoms with E-state index in [0.717, 1.165) is 0 Å². The Bertz CT molecular complexity index is 594. The number of aliphatic hydroxyl groups excluding tert-OH is 1. The maximum atomic E-state index is 12.3. The van der Waals surface area contributed by atoms with Crippen LogP contribution < -0.4 is 27.4 Å². The van der Waals surface area contributed by atoms with Gasteiger partial charge in [0.2, 0.25) is 23.6 Å². The van der Waals surface area contributed by atoms with E-state index >= 15 is 0 Å². The molecule has 0 spiro atoms. The molecule has 160 valence electrons. The Labute approximate surface area is 162 Å². The highest BCUT2D eigenvalue weighted by Crippen LogP contribution is 2.06. The number of rotatable bonds is 12. The summed E-state index contributed by atoms with van der Waals surface area (Å²) in [5.41, 5.74) is 10.4. The highest BCUT2D eigenvalue weighted by molar-refractivity contribution is 5.93. The summed E-state index contributed by atoms with van der Waals surface area (Å²) in [4.78, 5) is 57.9. The van der Waals surface area contributed by atoms with Crippen LogP contribution in [0.1, 0.15) is 33.6 Å². The Morgan fingerprint density at radius 3 is 2.00 bits per heavy atom. The van der Waals surface area contributed by atoms with Gasteiger partial charge in [-0.05, 0) is 19.3 Å². The fourth-order valence-corrected chi connectivity index (χ4v) is 2.20. The molecular formula is C16H29N5O7. The quantitative estimate of drug-likeness (QED) is 0.175. The molecular weight excluding hydrogens is 374 g/mol. The van der Waals surface area contributed by atoms with E-state index in [4.69, 9.17) is 16.6 Å². The first-order chi connectivity index (χ1) is 12.8. The lowest BCUT2D eigenvalue weighted by Crippen LogP contribution is -2.56. The van der Waals surface area contributed by atoms with Crippen molar-refractivity contribution in [3.05, 3.63) is 0 Å². The first-order valence-electron chi connectivity index (χ1n) is 8.67. The van der Waals surface area contributed by atoms with E-state index in [9.17, 15) is 29.1 Å². The largest absolute Gasteiger partial charge is 0.480 e. The second-order valence-electron chi connectivity index (χ2n) is 6.81. The first-order valence-corrected chi connectivity index (χ1v) is 8.67. The predicted molar refractivity (Wildman–Crippen MR) is 97.4 cm³/mol. The first kappa shape index (κ1) is 25.3. The summed E-state index contributed by atoms with van der Waals surface area (Å²) in [6, 6.07) is -3.82. The van der Waals surface area contributed by atoms with Gasteiger partial charge in [-0.25, -0.2) is 4.79 Å². The molecule has 0 radical (unpaired) electrons. The van der Waals surface area contributed by atoms with Gasteiger partial charge in [-0.3, -0.25) is 19.2 Å². The molecule has 0 fully saturated rings. The summed E-state index contributed by atoms with van der Waals surface area (Å²) >= 11 is 0. The summed E-state index contributed by atoms with van der Waals surface area (Å²) in [5, 5.41) is 25.3. The van der Waals surface area contributed by atoms with Crippen molar-refractivity contribution in [3.8, 4) is 0 Å². The third kappa shape index (κ3) is 9.83. The lowest BCUT2D eigenvalue weighted by molar-refractivity contribution is -0.145.